The molecule has 1 aromatic rings. The smallest absolute Gasteiger partial charge is 0.245 e. The lowest BCUT2D eigenvalue weighted by Crippen LogP contribution is -2.40. The molecule has 0 radical (unpaired) electrons. The molecule has 1 aliphatic rings. The van der Waals surface area contributed by atoms with Crippen molar-refractivity contribution in [3.8, 4) is 0 Å². The number of aryl methyl sites for hydroxylation is 1. The van der Waals surface area contributed by atoms with Crippen LogP contribution < -0.4 is 5.32 Å². The molecule has 1 saturated heterocycles. The van der Waals surface area contributed by atoms with Gasteiger partial charge in [-0.05, 0) is 25.8 Å². The van der Waals surface area contributed by atoms with E-state index in [2.05, 4.69) is 17.0 Å². The van der Waals surface area contributed by atoms with E-state index in [4.69, 9.17) is 0 Å². The van der Waals surface area contributed by atoms with Gasteiger partial charge in [0.2, 0.25) is 11.8 Å². The molecule has 2 rings (SSSR count). The van der Waals surface area contributed by atoms with Crippen LogP contribution in [0.25, 0.3) is 0 Å². The Morgan fingerprint density at radius 1 is 1.45 bits per heavy atom. The molecule has 1 aromatic heterocycles. The van der Waals surface area contributed by atoms with E-state index in [1.165, 1.54) is 6.08 Å². The molecule has 1 aliphatic heterocycles. The fraction of sp³-hybridized carbons (Fsp3) is 0.500. The predicted molar refractivity (Wildman–Crippen MR) is 76.1 cm³/mol. The lowest BCUT2D eigenvalue weighted by molar-refractivity contribution is -0.130. The summed E-state index contributed by atoms with van der Waals surface area (Å²) in [5.74, 6) is -0.109. The molecule has 6 nitrogen and oxygen atoms in total. The molecule has 2 heterocycles. The van der Waals surface area contributed by atoms with Crippen LogP contribution in [0, 0.1) is 12.8 Å². The number of nitrogens with zero attached hydrogens (tertiary/aromatic N) is 3. The first kappa shape index (κ1) is 14.3. The summed E-state index contributed by atoms with van der Waals surface area (Å²) in [6.45, 7) is 6.60. The number of amides is 2. The van der Waals surface area contributed by atoms with E-state index >= 15 is 0 Å². The van der Waals surface area contributed by atoms with E-state index in [1.54, 1.807) is 15.8 Å². The van der Waals surface area contributed by atoms with Gasteiger partial charge in [-0.15, -0.1) is 0 Å². The number of carbonyl (C=O) groups excluding carboxylic acids is 2. The lowest BCUT2D eigenvalue weighted by Gasteiger charge is -2.30. The minimum Gasteiger partial charge on any atom is -0.339 e. The number of likely N-dealkylation sites (tertiary alicyclic amines) is 1. The molecule has 20 heavy (non-hydrogen) atoms. The van der Waals surface area contributed by atoms with Crippen molar-refractivity contribution in [1.29, 1.82) is 0 Å². The Bertz CT molecular complexity index is 527. The largest absolute Gasteiger partial charge is 0.339 e. The third-order valence-corrected chi connectivity index (χ3v) is 3.85. The number of carbonyl (C=O) groups is 2. The normalized spacial score (nSPS) is 16.0. The maximum absolute atomic E-state index is 12.2. The van der Waals surface area contributed by atoms with Gasteiger partial charge in [0, 0.05) is 26.1 Å². The van der Waals surface area contributed by atoms with Crippen LogP contribution in [-0.2, 0) is 16.6 Å². The highest BCUT2D eigenvalue weighted by Crippen LogP contribution is 2.20. The van der Waals surface area contributed by atoms with Crippen molar-refractivity contribution < 1.29 is 9.59 Å². The zero-order valence-corrected chi connectivity index (χ0v) is 11.9. The maximum Gasteiger partial charge on any atom is 0.245 e. The van der Waals surface area contributed by atoms with Gasteiger partial charge >= 0.3 is 0 Å². The van der Waals surface area contributed by atoms with Gasteiger partial charge in [0.25, 0.3) is 0 Å². The third kappa shape index (κ3) is 2.89. The summed E-state index contributed by atoms with van der Waals surface area (Å²) in [5.41, 5.74) is 1.68. The Labute approximate surface area is 118 Å². The summed E-state index contributed by atoms with van der Waals surface area (Å²) in [7, 11) is 1.84. The molecule has 1 N–H and O–H groups in total. The van der Waals surface area contributed by atoms with Crippen LogP contribution >= 0.6 is 0 Å². The van der Waals surface area contributed by atoms with Crippen LogP contribution in [0.2, 0.25) is 0 Å². The van der Waals surface area contributed by atoms with Crippen molar-refractivity contribution in [3.05, 3.63) is 24.5 Å². The summed E-state index contributed by atoms with van der Waals surface area (Å²) >= 11 is 0. The Morgan fingerprint density at radius 2 is 2.10 bits per heavy atom. The summed E-state index contributed by atoms with van der Waals surface area (Å²) in [6.07, 6.45) is 4.35. The summed E-state index contributed by atoms with van der Waals surface area (Å²) < 4.78 is 1.72. The molecule has 6 heteroatoms. The maximum atomic E-state index is 12.2. The van der Waals surface area contributed by atoms with Crippen LogP contribution in [-0.4, -0.2) is 39.6 Å². The first-order valence-electron chi connectivity index (χ1n) is 6.73. The van der Waals surface area contributed by atoms with Crippen LogP contribution in [0.15, 0.2) is 18.9 Å². The Kier molecular flexibility index (Phi) is 4.22. The molecule has 2 amide bonds. The Morgan fingerprint density at radius 3 is 2.60 bits per heavy atom. The van der Waals surface area contributed by atoms with Crippen LogP contribution in [0.4, 0.5) is 5.69 Å². The van der Waals surface area contributed by atoms with Gasteiger partial charge in [-0.1, -0.05) is 6.58 Å². The zero-order chi connectivity index (χ0) is 14.7. The average Bonchev–Trinajstić information content (AvgIpc) is 2.78. The number of rotatable bonds is 3. The van der Waals surface area contributed by atoms with E-state index in [0.29, 0.717) is 25.9 Å². The molecule has 0 saturated carbocycles. The van der Waals surface area contributed by atoms with E-state index in [0.717, 1.165) is 11.4 Å². The van der Waals surface area contributed by atoms with E-state index in [-0.39, 0.29) is 17.7 Å². The van der Waals surface area contributed by atoms with Crippen molar-refractivity contribution in [2.24, 2.45) is 13.0 Å². The number of hydrogen-bond donors (Lipinski definition) is 1. The number of nitrogens with one attached hydrogen (secondary N) is 1. The SMILES string of the molecule is C=CC(=O)N1CCC(C(=O)Nc2cnn(C)c2C)CC1. The van der Waals surface area contributed by atoms with Gasteiger partial charge in [0.1, 0.15) is 0 Å². The van der Waals surface area contributed by atoms with Crippen molar-refractivity contribution in [2.45, 2.75) is 19.8 Å². The zero-order valence-electron chi connectivity index (χ0n) is 11.9. The second kappa shape index (κ2) is 5.90. The van der Waals surface area contributed by atoms with Crippen molar-refractivity contribution in [3.63, 3.8) is 0 Å². The third-order valence-electron chi connectivity index (χ3n) is 3.85. The first-order chi connectivity index (χ1) is 9.52. The Balaban J connectivity index is 1.90. The van der Waals surface area contributed by atoms with Crippen LogP contribution in [0.3, 0.4) is 0 Å². The van der Waals surface area contributed by atoms with Crippen molar-refractivity contribution in [2.75, 3.05) is 18.4 Å². The molecule has 0 aliphatic carbocycles. The summed E-state index contributed by atoms with van der Waals surface area (Å²) in [4.78, 5) is 25.4. The molecular formula is C14H20N4O2. The van der Waals surface area contributed by atoms with Crippen molar-refractivity contribution >= 4 is 17.5 Å². The number of hydrogen-bond acceptors (Lipinski definition) is 3. The van der Waals surface area contributed by atoms with Crippen LogP contribution in [0.5, 0.6) is 0 Å². The quantitative estimate of drug-likeness (QED) is 0.840. The summed E-state index contributed by atoms with van der Waals surface area (Å²) in [5, 5.41) is 7.01. The molecule has 1 fully saturated rings. The van der Waals surface area contributed by atoms with E-state index in [1.807, 2.05) is 14.0 Å². The fourth-order valence-electron chi connectivity index (χ4n) is 2.35. The number of piperidine rings is 1. The number of anilines is 1. The standard InChI is InChI=1S/C14H20N4O2/c1-4-13(19)18-7-5-11(6-8-18)14(20)16-12-9-15-17(3)10(12)2/h4,9,11H,1,5-8H2,2-3H3,(H,16,20). The molecule has 108 valence electrons. The molecule has 0 unspecified atom stereocenters. The van der Waals surface area contributed by atoms with Gasteiger partial charge in [0.15, 0.2) is 0 Å². The molecule has 0 aromatic carbocycles. The minimum atomic E-state index is -0.0630. The lowest BCUT2D eigenvalue weighted by atomic mass is 9.95. The number of aromatic nitrogens is 2. The van der Waals surface area contributed by atoms with Gasteiger partial charge < -0.3 is 10.2 Å². The highest BCUT2D eigenvalue weighted by atomic mass is 16.2. The Hall–Kier alpha value is -2.11. The second-order valence-electron chi connectivity index (χ2n) is 5.06. The minimum absolute atomic E-state index is 0.00630. The predicted octanol–water partition coefficient (Wildman–Crippen LogP) is 1.09. The molecule has 0 atom stereocenters. The topological polar surface area (TPSA) is 67.2 Å². The fourth-order valence-corrected chi connectivity index (χ4v) is 2.35. The molecule has 0 bridgehead atoms. The van der Waals surface area contributed by atoms with Gasteiger partial charge in [-0.2, -0.15) is 5.10 Å². The first-order valence-corrected chi connectivity index (χ1v) is 6.73. The monoisotopic (exact) mass is 276 g/mol. The highest BCUT2D eigenvalue weighted by Gasteiger charge is 2.26. The molecular weight excluding hydrogens is 256 g/mol. The van der Waals surface area contributed by atoms with E-state index < -0.39 is 0 Å². The highest BCUT2D eigenvalue weighted by molar-refractivity contribution is 5.93. The van der Waals surface area contributed by atoms with Gasteiger partial charge in [0.05, 0.1) is 17.6 Å². The van der Waals surface area contributed by atoms with Crippen LogP contribution in [0.1, 0.15) is 18.5 Å². The van der Waals surface area contributed by atoms with Crippen molar-refractivity contribution in [1.82, 2.24) is 14.7 Å². The van der Waals surface area contributed by atoms with Gasteiger partial charge in [-0.25, -0.2) is 0 Å². The summed E-state index contributed by atoms with van der Waals surface area (Å²) in [6, 6.07) is 0. The van der Waals surface area contributed by atoms with Gasteiger partial charge in [-0.3, -0.25) is 14.3 Å². The average molecular weight is 276 g/mol. The second-order valence-corrected chi connectivity index (χ2v) is 5.06. The van der Waals surface area contributed by atoms with E-state index in [9.17, 15) is 9.59 Å². The molecule has 0 spiro atoms.